The molecular weight excluding hydrogens is 594 g/mol. The van der Waals surface area contributed by atoms with E-state index in [1.54, 1.807) is 24.3 Å². The van der Waals surface area contributed by atoms with Crippen LogP contribution in [0.4, 0.5) is 8.78 Å². The van der Waals surface area contributed by atoms with Crippen molar-refractivity contribution in [3.8, 4) is 0 Å². The highest BCUT2D eigenvalue weighted by atomic mass is 32.2. The highest BCUT2D eigenvalue weighted by molar-refractivity contribution is 7.92. The molecule has 0 amide bonds. The maximum Gasteiger partial charge on any atom is 0.345 e. The molecule has 0 heterocycles. The van der Waals surface area contributed by atoms with Gasteiger partial charge in [-0.3, -0.25) is 0 Å². The molecule has 0 aromatic heterocycles. The first-order valence-electron chi connectivity index (χ1n) is 17.8. The Hall–Kier alpha value is -1.09. The maximum absolute atomic E-state index is 14.4. The van der Waals surface area contributed by atoms with Gasteiger partial charge in [-0.2, -0.15) is 8.78 Å². The van der Waals surface area contributed by atoms with Crippen molar-refractivity contribution in [2.75, 3.05) is 0 Å². The summed E-state index contributed by atoms with van der Waals surface area (Å²) in [5.41, 5.74) is -1.47. The van der Waals surface area contributed by atoms with E-state index in [-0.39, 0.29) is 41.9 Å². The van der Waals surface area contributed by atoms with Crippen LogP contribution >= 0.6 is 0 Å². The molecular formula is C37H56F2O5S. The van der Waals surface area contributed by atoms with Gasteiger partial charge >= 0.3 is 6.61 Å². The SMILES string of the molecule is C[C@H](C(CC1(O)CCC(OC(F)F)CC1)S(=O)(=O)c1ccccc1)[C@H]1CC[C@H]2[C@@H]3CC[C@H]4C[C@@](C)(O)CC[C@]4(C)[C@H]3CC[C@]12C. The first kappa shape index (κ1) is 33.8. The molecule has 0 spiro atoms. The molecule has 5 saturated carbocycles. The molecule has 10 atom stereocenters. The van der Waals surface area contributed by atoms with Crippen LogP contribution in [0.3, 0.4) is 0 Å². The molecule has 0 aliphatic heterocycles. The first-order valence-corrected chi connectivity index (χ1v) is 19.3. The topological polar surface area (TPSA) is 83.8 Å². The Labute approximate surface area is 269 Å². The van der Waals surface area contributed by atoms with Crippen LogP contribution in [0.25, 0.3) is 0 Å². The largest absolute Gasteiger partial charge is 0.390 e. The van der Waals surface area contributed by atoms with Crippen molar-refractivity contribution in [3.05, 3.63) is 30.3 Å². The van der Waals surface area contributed by atoms with Crippen LogP contribution in [-0.4, -0.2) is 47.8 Å². The maximum atomic E-state index is 14.4. The summed E-state index contributed by atoms with van der Waals surface area (Å²) in [5, 5.41) is 21.9. The van der Waals surface area contributed by atoms with Crippen molar-refractivity contribution < 1.29 is 32.1 Å². The number of hydrogen-bond acceptors (Lipinski definition) is 5. The molecule has 5 nitrogen and oxygen atoms in total. The van der Waals surface area contributed by atoms with Crippen molar-refractivity contribution in [1.29, 1.82) is 0 Å². The zero-order valence-electron chi connectivity index (χ0n) is 27.8. The molecule has 254 valence electrons. The Balaban J connectivity index is 1.25. The lowest BCUT2D eigenvalue weighted by molar-refractivity contribution is -0.181. The molecule has 0 saturated heterocycles. The lowest BCUT2D eigenvalue weighted by Gasteiger charge is -2.62. The molecule has 5 fully saturated rings. The monoisotopic (exact) mass is 650 g/mol. The van der Waals surface area contributed by atoms with Gasteiger partial charge < -0.3 is 14.9 Å². The van der Waals surface area contributed by atoms with Gasteiger partial charge in [-0.1, -0.05) is 39.0 Å². The Kier molecular flexibility index (Phi) is 9.09. The average molecular weight is 651 g/mol. The minimum absolute atomic E-state index is 0.0414. The van der Waals surface area contributed by atoms with E-state index in [4.69, 9.17) is 4.74 Å². The van der Waals surface area contributed by atoms with E-state index in [2.05, 4.69) is 20.8 Å². The summed E-state index contributed by atoms with van der Waals surface area (Å²) in [5.74, 6) is 2.52. The van der Waals surface area contributed by atoms with Gasteiger partial charge in [0.2, 0.25) is 0 Å². The summed E-state index contributed by atoms with van der Waals surface area (Å²) >= 11 is 0. The van der Waals surface area contributed by atoms with Crippen molar-refractivity contribution in [2.24, 2.45) is 46.3 Å². The van der Waals surface area contributed by atoms with Crippen LogP contribution in [0.2, 0.25) is 0 Å². The second-order valence-electron chi connectivity index (χ2n) is 16.9. The number of alkyl halides is 2. The van der Waals surface area contributed by atoms with Crippen molar-refractivity contribution in [3.63, 3.8) is 0 Å². The normalized spacial score (nSPS) is 44.9. The minimum atomic E-state index is -3.77. The van der Waals surface area contributed by atoms with Crippen LogP contribution in [0.5, 0.6) is 0 Å². The Bertz CT molecular complexity index is 1290. The molecule has 6 rings (SSSR count). The van der Waals surface area contributed by atoms with Crippen LogP contribution in [0, 0.1) is 46.3 Å². The van der Waals surface area contributed by atoms with E-state index in [0.29, 0.717) is 41.4 Å². The number of sulfone groups is 1. The van der Waals surface area contributed by atoms with Gasteiger partial charge in [0.05, 0.1) is 27.5 Å². The Morgan fingerprint density at radius 3 is 2.18 bits per heavy atom. The van der Waals surface area contributed by atoms with Gasteiger partial charge in [-0.25, -0.2) is 8.42 Å². The second kappa shape index (κ2) is 12.1. The van der Waals surface area contributed by atoms with Gasteiger partial charge in [0.25, 0.3) is 0 Å². The van der Waals surface area contributed by atoms with E-state index in [0.717, 1.165) is 38.5 Å². The van der Waals surface area contributed by atoms with Crippen LogP contribution < -0.4 is 0 Å². The van der Waals surface area contributed by atoms with E-state index >= 15 is 0 Å². The molecule has 8 heteroatoms. The number of aliphatic hydroxyl groups is 2. The predicted octanol–water partition coefficient (Wildman–Crippen LogP) is 8.18. The number of fused-ring (bicyclic) bond motifs is 5. The van der Waals surface area contributed by atoms with Gasteiger partial charge in [0.1, 0.15) is 0 Å². The molecule has 0 radical (unpaired) electrons. The Morgan fingerprint density at radius 1 is 0.844 bits per heavy atom. The summed E-state index contributed by atoms with van der Waals surface area (Å²) in [4.78, 5) is 0.294. The van der Waals surface area contributed by atoms with E-state index < -0.39 is 39.0 Å². The third-order valence-corrected chi connectivity index (χ3v) is 16.8. The quantitative estimate of drug-likeness (QED) is 0.297. The summed E-state index contributed by atoms with van der Waals surface area (Å²) in [6.45, 7) is 6.23. The summed E-state index contributed by atoms with van der Waals surface area (Å²) < 4.78 is 59.4. The number of hydrogen-bond donors (Lipinski definition) is 2. The second-order valence-corrected chi connectivity index (χ2v) is 19.0. The van der Waals surface area contributed by atoms with Crippen molar-refractivity contribution in [1.82, 2.24) is 0 Å². The lowest BCUT2D eigenvalue weighted by atomic mass is 9.43. The minimum Gasteiger partial charge on any atom is -0.390 e. The van der Waals surface area contributed by atoms with Crippen LogP contribution in [-0.2, 0) is 14.6 Å². The molecule has 1 aromatic rings. The van der Waals surface area contributed by atoms with Crippen molar-refractivity contribution >= 4 is 9.84 Å². The van der Waals surface area contributed by atoms with Crippen LogP contribution in [0.1, 0.15) is 118 Å². The number of ether oxygens (including phenoxy) is 1. The smallest absolute Gasteiger partial charge is 0.345 e. The average Bonchev–Trinajstić information content (AvgIpc) is 3.35. The zero-order valence-corrected chi connectivity index (χ0v) is 28.6. The molecule has 1 unspecified atom stereocenters. The molecule has 5 aliphatic carbocycles. The van der Waals surface area contributed by atoms with E-state index in [1.807, 2.05) is 13.0 Å². The highest BCUT2D eigenvalue weighted by Gasteiger charge is 2.62. The number of halogens is 2. The van der Waals surface area contributed by atoms with Gasteiger partial charge in [0.15, 0.2) is 9.84 Å². The number of benzene rings is 1. The molecule has 0 bridgehead atoms. The number of rotatable bonds is 8. The first-order chi connectivity index (χ1) is 21.1. The van der Waals surface area contributed by atoms with Gasteiger partial charge in [-0.05, 0) is 155 Å². The summed E-state index contributed by atoms with van der Waals surface area (Å²) in [6.07, 6.45) is 10.3. The third kappa shape index (κ3) is 6.17. The fourth-order valence-corrected chi connectivity index (χ4v) is 14.1. The van der Waals surface area contributed by atoms with Gasteiger partial charge in [-0.15, -0.1) is 0 Å². The Morgan fingerprint density at radius 2 is 1.51 bits per heavy atom. The van der Waals surface area contributed by atoms with E-state index in [9.17, 15) is 27.4 Å². The lowest BCUT2D eigenvalue weighted by Crippen LogP contribution is -2.56. The van der Waals surface area contributed by atoms with Crippen LogP contribution in [0.15, 0.2) is 35.2 Å². The molecule has 2 N–H and O–H groups in total. The van der Waals surface area contributed by atoms with Gasteiger partial charge in [0, 0.05) is 0 Å². The molecule has 5 aliphatic rings. The fourth-order valence-electron chi connectivity index (χ4n) is 11.9. The molecule has 1 aromatic carbocycles. The highest BCUT2D eigenvalue weighted by Crippen LogP contribution is 2.69. The fraction of sp³-hybridized carbons (Fsp3) is 0.838. The van der Waals surface area contributed by atoms with Crippen molar-refractivity contribution in [2.45, 2.75) is 152 Å². The predicted molar refractivity (Wildman–Crippen MR) is 171 cm³/mol. The molecule has 45 heavy (non-hydrogen) atoms. The standard InChI is InChI=1S/C37H56F2O5S/c1-24(32(45(42,43)27-8-6-5-7-9-27)23-37(41)18-14-26(15-19-37)44-33(38)39)29-12-13-30-28-11-10-25-22-34(2,40)20-21-35(25,3)31(28)16-17-36(29,30)4/h5-9,24-26,28-33,40-41H,10-23H2,1-4H3/t24-,25-,26?,28-,29+,30-,31-,32?,34-,35-,36+,37?/m0/s1. The van der Waals surface area contributed by atoms with E-state index in [1.165, 1.54) is 19.3 Å². The zero-order chi connectivity index (χ0) is 32.4. The third-order valence-electron chi connectivity index (χ3n) is 14.5. The summed E-state index contributed by atoms with van der Waals surface area (Å²) in [7, 11) is -3.77. The summed E-state index contributed by atoms with van der Waals surface area (Å²) in [6, 6.07) is 8.66.